The van der Waals surface area contributed by atoms with Crippen LogP contribution < -0.4 is 0 Å². The smallest absolute Gasteiger partial charge is 0.209 e. The number of hydrogen-bond donors (Lipinski definition) is 0. The molecule has 0 atom stereocenters. The minimum Gasteiger partial charge on any atom is -0.383 e. The molecule has 0 bridgehead atoms. The Morgan fingerprint density at radius 2 is 1.83 bits per heavy atom. The van der Waals surface area contributed by atoms with Crippen molar-refractivity contribution in [3.63, 3.8) is 0 Å². The van der Waals surface area contributed by atoms with E-state index in [1.165, 1.54) is 6.08 Å². The van der Waals surface area contributed by atoms with Gasteiger partial charge in [0.15, 0.2) is 11.3 Å². The van der Waals surface area contributed by atoms with Crippen molar-refractivity contribution in [1.82, 2.24) is 24.7 Å². The fourth-order valence-corrected chi connectivity index (χ4v) is 2.58. The molecule has 0 N–H and O–H groups in total. The predicted molar refractivity (Wildman–Crippen MR) is 92.8 cm³/mol. The van der Waals surface area contributed by atoms with Gasteiger partial charge in [0.1, 0.15) is 0 Å². The number of benzene rings is 1. The Morgan fingerprint density at radius 3 is 2.50 bits per heavy atom. The van der Waals surface area contributed by atoms with Crippen LogP contribution in [0.15, 0.2) is 42.6 Å². The molecule has 0 aliphatic carbocycles. The van der Waals surface area contributed by atoms with Crippen molar-refractivity contribution in [2.75, 3.05) is 14.1 Å². The quantitative estimate of drug-likeness (QED) is 0.546. The third kappa shape index (κ3) is 2.78. The fourth-order valence-electron chi connectivity index (χ4n) is 2.58. The predicted octanol–water partition coefficient (Wildman–Crippen LogP) is 2.67. The topological polar surface area (TPSA) is 63.4 Å². The minimum atomic E-state index is -0.190. The maximum absolute atomic E-state index is 12.3. The number of aryl methyl sites for hydroxylation is 2. The molecule has 0 unspecified atom stereocenters. The summed E-state index contributed by atoms with van der Waals surface area (Å²) >= 11 is 0. The van der Waals surface area contributed by atoms with Crippen molar-refractivity contribution < 1.29 is 4.79 Å². The van der Waals surface area contributed by atoms with Crippen LogP contribution in [0.5, 0.6) is 0 Å². The second-order valence-electron chi connectivity index (χ2n) is 5.84. The first-order valence-corrected chi connectivity index (χ1v) is 7.66. The van der Waals surface area contributed by atoms with Crippen molar-refractivity contribution in [3.05, 3.63) is 59.7 Å². The number of hydrogen-bond acceptors (Lipinski definition) is 5. The molecule has 0 aliphatic rings. The Bertz CT molecular complexity index is 925. The van der Waals surface area contributed by atoms with Crippen LogP contribution in [0.2, 0.25) is 0 Å². The molecule has 0 radical (unpaired) electrons. The van der Waals surface area contributed by atoms with Crippen LogP contribution in [-0.4, -0.2) is 44.6 Å². The molecule has 1 aromatic carbocycles. The van der Waals surface area contributed by atoms with Crippen LogP contribution in [0.25, 0.3) is 16.8 Å². The second-order valence-corrected chi connectivity index (χ2v) is 5.84. The van der Waals surface area contributed by atoms with Gasteiger partial charge in [-0.05, 0) is 19.4 Å². The number of carbonyl (C=O) groups excluding carboxylic acids is 1. The molecule has 2 aromatic heterocycles. The van der Waals surface area contributed by atoms with Crippen LogP contribution in [-0.2, 0) is 0 Å². The van der Waals surface area contributed by atoms with E-state index in [0.29, 0.717) is 17.0 Å². The van der Waals surface area contributed by atoms with Gasteiger partial charge in [0.2, 0.25) is 5.78 Å². The Hall–Kier alpha value is -3.02. The Balaban J connectivity index is 2.13. The highest BCUT2D eigenvalue weighted by atomic mass is 16.1. The largest absolute Gasteiger partial charge is 0.383 e. The van der Waals surface area contributed by atoms with E-state index >= 15 is 0 Å². The summed E-state index contributed by atoms with van der Waals surface area (Å²) in [4.78, 5) is 14.1. The van der Waals surface area contributed by atoms with Crippen LogP contribution in [0.4, 0.5) is 0 Å². The number of carbonyl (C=O) groups is 1. The number of allylic oxidation sites excluding steroid dienone is 1. The second kappa shape index (κ2) is 6.23. The van der Waals surface area contributed by atoms with Gasteiger partial charge in [-0.2, -0.15) is 5.10 Å². The lowest BCUT2D eigenvalue weighted by Gasteiger charge is -2.05. The van der Waals surface area contributed by atoms with E-state index in [1.54, 1.807) is 15.6 Å². The highest BCUT2D eigenvalue weighted by Gasteiger charge is 2.18. The molecule has 0 fully saturated rings. The zero-order chi connectivity index (χ0) is 17.3. The summed E-state index contributed by atoms with van der Waals surface area (Å²) in [5.74, 6) is -0.190. The lowest BCUT2D eigenvalue weighted by Crippen LogP contribution is -2.11. The summed E-state index contributed by atoms with van der Waals surface area (Å²) in [7, 11) is 3.71. The molecule has 3 rings (SSSR count). The monoisotopic (exact) mass is 321 g/mol. The standard InChI is InChI=1S/C18H19N5O/c1-12-16(14-8-6-5-7-9-14)18-20-19-17(13(2)23(18)21-12)15(24)10-11-22(3)4/h5-11H,1-4H3/b11-10+. The molecular formula is C18H19N5O. The van der Waals surface area contributed by atoms with E-state index in [2.05, 4.69) is 15.3 Å². The van der Waals surface area contributed by atoms with E-state index < -0.39 is 0 Å². The zero-order valence-electron chi connectivity index (χ0n) is 14.2. The average molecular weight is 321 g/mol. The molecule has 0 amide bonds. The van der Waals surface area contributed by atoms with Crippen molar-refractivity contribution >= 4 is 11.4 Å². The summed E-state index contributed by atoms with van der Waals surface area (Å²) < 4.78 is 1.70. The Morgan fingerprint density at radius 1 is 1.12 bits per heavy atom. The number of nitrogens with zero attached hydrogens (tertiary/aromatic N) is 5. The van der Waals surface area contributed by atoms with Crippen molar-refractivity contribution in [2.24, 2.45) is 0 Å². The minimum absolute atomic E-state index is 0.190. The van der Waals surface area contributed by atoms with Gasteiger partial charge in [-0.3, -0.25) is 4.79 Å². The van der Waals surface area contributed by atoms with Crippen LogP contribution in [0, 0.1) is 13.8 Å². The van der Waals surface area contributed by atoms with Gasteiger partial charge < -0.3 is 4.90 Å². The highest BCUT2D eigenvalue weighted by molar-refractivity contribution is 6.03. The summed E-state index contributed by atoms with van der Waals surface area (Å²) in [6, 6.07) is 9.94. The van der Waals surface area contributed by atoms with Crippen LogP contribution in [0.1, 0.15) is 21.9 Å². The molecule has 6 nitrogen and oxygen atoms in total. The van der Waals surface area contributed by atoms with Gasteiger partial charge in [0.05, 0.1) is 17.0 Å². The van der Waals surface area contributed by atoms with Gasteiger partial charge in [-0.15, -0.1) is 10.2 Å². The number of ketones is 1. The van der Waals surface area contributed by atoms with Crippen LogP contribution >= 0.6 is 0 Å². The summed E-state index contributed by atoms with van der Waals surface area (Å²) in [6.07, 6.45) is 3.18. The van der Waals surface area contributed by atoms with Crippen molar-refractivity contribution in [2.45, 2.75) is 13.8 Å². The summed E-state index contributed by atoms with van der Waals surface area (Å²) in [5.41, 5.74) is 4.47. The average Bonchev–Trinajstić information content (AvgIpc) is 2.91. The maximum atomic E-state index is 12.3. The zero-order valence-corrected chi connectivity index (χ0v) is 14.2. The van der Waals surface area contributed by atoms with E-state index in [1.807, 2.05) is 58.3 Å². The molecular weight excluding hydrogens is 302 g/mol. The van der Waals surface area contributed by atoms with Crippen LogP contribution in [0.3, 0.4) is 0 Å². The SMILES string of the molecule is Cc1nn2c(C)c(C(=O)/C=C/N(C)C)nnc2c1-c1ccccc1. The first kappa shape index (κ1) is 15.9. The summed E-state index contributed by atoms with van der Waals surface area (Å²) in [5, 5.41) is 13.0. The molecule has 122 valence electrons. The highest BCUT2D eigenvalue weighted by Crippen LogP contribution is 2.27. The molecule has 6 heteroatoms. The van der Waals surface area contributed by atoms with E-state index in [4.69, 9.17) is 0 Å². The molecule has 0 aliphatic heterocycles. The molecule has 0 saturated heterocycles. The number of aromatic nitrogens is 4. The Kier molecular flexibility index (Phi) is 4.12. The molecule has 0 spiro atoms. The van der Waals surface area contributed by atoms with E-state index in [-0.39, 0.29) is 5.78 Å². The number of rotatable bonds is 4. The van der Waals surface area contributed by atoms with Gasteiger partial charge >= 0.3 is 0 Å². The first-order chi connectivity index (χ1) is 11.5. The maximum Gasteiger partial charge on any atom is 0.209 e. The first-order valence-electron chi connectivity index (χ1n) is 7.66. The normalized spacial score (nSPS) is 11.3. The van der Waals surface area contributed by atoms with Gasteiger partial charge in [-0.25, -0.2) is 4.52 Å². The Labute approximate surface area is 140 Å². The van der Waals surface area contributed by atoms with E-state index in [9.17, 15) is 4.79 Å². The lowest BCUT2D eigenvalue weighted by molar-refractivity contribution is 0.103. The van der Waals surface area contributed by atoms with Crippen molar-refractivity contribution in [1.29, 1.82) is 0 Å². The third-order valence-corrected chi connectivity index (χ3v) is 3.76. The fraction of sp³-hybridized carbons (Fsp3) is 0.222. The molecule has 0 saturated carbocycles. The number of fused-ring (bicyclic) bond motifs is 1. The molecule has 2 heterocycles. The molecule has 3 aromatic rings. The van der Waals surface area contributed by atoms with Gasteiger partial charge in [0.25, 0.3) is 0 Å². The molecule has 24 heavy (non-hydrogen) atoms. The summed E-state index contributed by atoms with van der Waals surface area (Å²) in [6.45, 7) is 3.77. The van der Waals surface area contributed by atoms with Gasteiger partial charge in [-0.1, -0.05) is 30.3 Å². The van der Waals surface area contributed by atoms with Crippen molar-refractivity contribution in [3.8, 4) is 11.1 Å². The van der Waals surface area contributed by atoms with E-state index in [0.717, 1.165) is 16.8 Å². The third-order valence-electron chi connectivity index (χ3n) is 3.76. The van der Waals surface area contributed by atoms with Gasteiger partial charge in [0, 0.05) is 26.4 Å². The lowest BCUT2D eigenvalue weighted by atomic mass is 10.1.